The Labute approximate surface area is 305 Å². The van der Waals surface area contributed by atoms with E-state index in [4.69, 9.17) is 9.98 Å². The molecule has 3 nitrogen and oxygen atoms in total. The third-order valence-corrected chi connectivity index (χ3v) is 10.4. The Kier molecular flexibility index (Phi) is 8.17. The number of para-hydroxylation sites is 1. The number of hydrogen-bond donors (Lipinski definition) is 0. The third-order valence-electron chi connectivity index (χ3n) is 10.4. The SMILES string of the molecule is C=C(N=C(N=C(C)c1ccc(-n2c3ccccc3c3c4ccc(-c5ccc6c(c5)C=CCC6)cc4ccc32)cc1)C1=CCCC=C1)c1ccccc1. The lowest BCUT2D eigenvalue weighted by Gasteiger charge is -2.13. The molecule has 0 bridgehead atoms. The van der Waals surface area contributed by atoms with Gasteiger partial charge in [-0.25, -0.2) is 9.98 Å². The van der Waals surface area contributed by atoms with Gasteiger partial charge in [0.25, 0.3) is 0 Å². The van der Waals surface area contributed by atoms with E-state index in [-0.39, 0.29) is 0 Å². The smallest absolute Gasteiger partial charge is 0.159 e. The van der Waals surface area contributed by atoms with E-state index in [1.54, 1.807) is 0 Å². The zero-order valence-corrected chi connectivity index (χ0v) is 29.4. The summed E-state index contributed by atoms with van der Waals surface area (Å²) in [5.74, 6) is 0.687. The first-order valence-corrected chi connectivity index (χ1v) is 18.2. The monoisotopic (exact) mass is 669 g/mol. The van der Waals surface area contributed by atoms with Crippen LogP contribution in [-0.4, -0.2) is 16.1 Å². The summed E-state index contributed by atoms with van der Waals surface area (Å²) < 4.78 is 2.39. The zero-order chi connectivity index (χ0) is 35.0. The zero-order valence-electron chi connectivity index (χ0n) is 29.4. The average Bonchev–Trinajstić information content (AvgIpc) is 3.55. The quantitative estimate of drug-likeness (QED) is 0.125. The van der Waals surface area contributed by atoms with Crippen molar-refractivity contribution >= 4 is 55.9 Å². The normalized spacial score (nSPS) is 14.6. The van der Waals surface area contributed by atoms with E-state index < -0.39 is 0 Å². The summed E-state index contributed by atoms with van der Waals surface area (Å²) in [5.41, 5.74) is 13.5. The van der Waals surface area contributed by atoms with Crippen molar-refractivity contribution in [3.05, 3.63) is 186 Å². The minimum Gasteiger partial charge on any atom is -0.309 e. The minimum atomic E-state index is 0.687. The second-order valence-electron chi connectivity index (χ2n) is 13.7. The van der Waals surface area contributed by atoms with Crippen molar-refractivity contribution in [1.29, 1.82) is 0 Å². The lowest BCUT2D eigenvalue weighted by atomic mass is 9.92. The van der Waals surface area contributed by atoms with Crippen LogP contribution in [0, 0.1) is 0 Å². The number of amidine groups is 1. The van der Waals surface area contributed by atoms with Gasteiger partial charge >= 0.3 is 0 Å². The highest BCUT2D eigenvalue weighted by Gasteiger charge is 2.16. The lowest BCUT2D eigenvalue weighted by molar-refractivity contribution is 0.986. The van der Waals surface area contributed by atoms with Gasteiger partial charge in [-0.1, -0.05) is 128 Å². The summed E-state index contributed by atoms with van der Waals surface area (Å²) in [7, 11) is 0. The summed E-state index contributed by atoms with van der Waals surface area (Å²) in [6.07, 6.45) is 15.4. The highest BCUT2D eigenvalue weighted by atomic mass is 15.0. The van der Waals surface area contributed by atoms with E-state index in [0.29, 0.717) is 11.5 Å². The molecule has 52 heavy (non-hydrogen) atoms. The molecule has 0 fully saturated rings. The summed E-state index contributed by atoms with van der Waals surface area (Å²) in [4.78, 5) is 10.0. The van der Waals surface area contributed by atoms with Gasteiger partial charge in [-0.05, 0) is 113 Å². The molecule has 7 aromatic rings. The molecule has 1 heterocycles. The van der Waals surface area contributed by atoms with E-state index >= 15 is 0 Å². The number of rotatable bonds is 6. The van der Waals surface area contributed by atoms with Gasteiger partial charge in [0.15, 0.2) is 5.84 Å². The van der Waals surface area contributed by atoms with Crippen LogP contribution in [0.15, 0.2) is 174 Å². The molecule has 9 rings (SSSR count). The highest BCUT2D eigenvalue weighted by molar-refractivity contribution is 6.21. The van der Waals surface area contributed by atoms with E-state index in [1.165, 1.54) is 54.8 Å². The number of aliphatic imine (C=N–C) groups is 2. The second-order valence-corrected chi connectivity index (χ2v) is 13.7. The molecule has 0 aliphatic heterocycles. The predicted octanol–water partition coefficient (Wildman–Crippen LogP) is 12.7. The van der Waals surface area contributed by atoms with Gasteiger partial charge in [-0.15, -0.1) is 0 Å². The largest absolute Gasteiger partial charge is 0.309 e. The molecule has 0 N–H and O–H groups in total. The average molecular weight is 670 g/mol. The topological polar surface area (TPSA) is 29.6 Å². The maximum atomic E-state index is 5.09. The number of fused-ring (bicyclic) bond motifs is 6. The number of allylic oxidation sites excluding steroid dienone is 3. The van der Waals surface area contributed by atoms with Crippen molar-refractivity contribution < 1.29 is 0 Å². The number of aryl methyl sites for hydroxylation is 1. The van der Waals surface area contributed by atoms with Crippen LogP contribution in [0.3, 0.4) is 0 Å². The third kappa shape index (κ3) is 5.84. The summed E-state index contributed by atoms with van der Waals surface area (Å²) >= 11 is 0. The Bertz CT molecular complexity index is 2680. The molecule has 0 atom stereocenters. The molecule has 0 spiro atoms. The van der Waals surface area contributed by atoms with E-state index in [9.17, 15) is 0 Å². The molecular formula is C49H39N3. The van der Waals surface area contributed by atoms with Crippen LogP contribution < -0.4 is 0 Å². The van der Waals surface area contributed by atoms with Crippen molar-refractivity contribution in [2.45, 2.75) is 32.6 Å². The fourth-order valence-electron chi connectivity index (χ4n) is 7.69. The highest BCUT2D eigenvalue weighted by Crippen LogP contribution is 2.38. The molecule has 0 saturated heterocycles. The van der Waals surface area contributed by atoms with Crippen molar-refractivity contribution in [2.75, 3.05) is 0 Å². The second kappa shape index (κ2) is 13.4. The summed E-state index contributed by atoms with van der Waals surface area (Å²) in [6, 6.07) is 46.0. The van der Waals surface area contributed by atoms with Crippen molar-refractivity contribution in [1.82, 2.24) is 4.57 Å². The van der Waals surface area contributed by atoms with Crippen LogP contribution >= 0.6 is 0 Å². The fourth-order valence-corrected chi connectivity index (χ4v) is 7.69. The van der Waals surface area contributed by atoms with Crippen molar-refractivity contribution in [3.8, 4) is 16.8 Å². The molecule has 0 saturated carbocycles. The molecule has 1 aromatic heterocycles. The molecular weight excluding hydrogens is 631 g/mol. The summed E-state index contributed by atoms with van der Waals surface area (Å²) in [6.45, 7) is 6.33. The van der Waals surface area contributed by atoms with Crippen LogP contribution in [0.25, 0.3) is 61.2 Å². The first kappa shape index (κ1) is 31.6. The number of benzene rings is 6. The van der Waals surface area contributed by atoms with Crippen LogP contribution in [0.4, 0.5) is 0 Å². The van der Waals surface area contributed by atoms with E-state index in [1.807, 2.05) is 30.3 Å². The van der Waals surface area contributed by atoms with Gasteiger partial charge < -0.3 is 4.57 Å². The Morgan fingerprint density at radius 2 is 1.42 bits per heavy atom. The Morgan fingerprint density at radius 3 is 2.27 bits per heavy atom. The summed E-state index contributed by atoms with van der Waals surface area (Å²) in [5, 5.41) is 5.05. The van der Waals surface area contributed by atoms with Crippen molar-refractivity contribution in [2.24, 2.45) is 9.98 Å². The first-order chi connectivity index (χ1) is 25.6. The fraction of sp³-hybridized carbons (Fsp3) is 0.102. The van der Waals surface area contributed by atoms with Gasteiger partial charge in [-0.2, -0.15) is 0 Å². The molecule has 250 valence electrons. The van der Waals surface area contributed by atoms with Crippen LogP contribution in [0.1, 0.15) is 48.4 Å². The molecule has 0 radical (unpaired) electrons. The number of aromatic nitrogens is 1. The van der Waals surface area contributed by atoms with Gasteiger partial charge in [0.2, 0.25) is 0 Å². The maximum absolute atomic E-state index is 5.09. The predicted molar refractivity (Wildman–Crippen MR) is 223 cm³/mol. The molecule has 0 unspecified atom stereocenters. The van der Waals surface area contributed by atoms with Gasteiger partial charge in [0.1, 0.15) is 0 Å². The Hall–Kier alpha value is -6.32. The minimum absolute atomic E-state index is 0.687. The van der Waals surface area contributed by atoms with E-state index in [0.717, 1.165) is 53.8 Å². The van der Waals surface area contributed by atoms with Crippen LogP contribution in [0.5, 0.6) is 0 Å². The molecule has 2 aliphatic carbocycles. The Balaban J connectivity index is 1.09. The number of hydrogen-bond acceptors (Lipinski definition) is 1. The standard InChI is InChI=1S/C49H39N3/c1-33(35-13-5-3-6-14-35)50-49(38-16-7-4-8-17-38)51-34(2)36-23-27-43(28-24-36)52-46-20-12-11-19-45(46)48-44-29-25-41(32-42(44)26-30-47(48)52)40-22-21-37-15-9-10-18-39(37)31-40/h3,5-7,10-14,16-32H,1,4,8-9,15H2,2H3. The lowest BCUT2D eigenvalue weighted by Crippen LogP contribution is -2.06. The van der Waals surface area contributed by atoms with Crippen LogP contribution in [-0.2, 0) is 6.42 Å². The number of nitrogens with zero attached hydrogens (tertiary/aromatic N) is 3. The maximum Gasteiger partial charge on any atom is 0.159 e. The molecule has 2 aliphatic rings. The van der Waals surface area contributed by atoms with Crippen molar-refractivity contribution in [3.63, 3.8) is 0 Å². The first-order valence-electron chi connectivity index (χ1n) is 18.2. The molecule has 3 heteroatoms. The van der Waals surface area contributed by atoms with Gasteiger partial charge in [0, 0.05) is 27.7 Å². The molecule has 6 aromatic carbocycles. The van der Waals surface area contributed by atoms with E-state index in [2.05, 4.69) is 146 Å². The van der Waals surface area contributed by atoms with Crippen LogP contribution in [0.2, 0.25) is 0 Å². The molecule has 0 amide bonds. The Morgan fingerprint density at radius 1 is 0.635 bits per heavy atom. The van der Waals surface area contributed by atoms with Gasteiger partial charge in [0.05, 0.1) is 16.7 Å². The van der Waals surface area contributed by atoms with Gasteiger partial charge in [-0.3, -0.25) is 0 Å².